The summed E-state index contributed by atoms with van der Waals surface area (Å²) in [6, 6.07) is 0. The Morgan fingerprint density at radius 3 is 2.58 bits per heavy atom. The van der Waals surface area contributed by atoms with E-state index in [1.165, 1.54) is 0 Å². The van der Waals surface area contributed by atoms with Gasteiger partial charge in [-0.05, 0) is 25.7 Å². The Labute approximate surface area is 74.2 Å². The maximum atomic E-state index is 6.12. The molecule has 0 bridgehead atoms. The van der Waals surface area contributed by atoms with Crippen LogP contribution in [0.3, 0.4) is 0 Å². The van der Waals surface area contributed by atoms with Gasteiger partial charge in [-0.3, -0.25) is 0 Å². The molecule has 0 aliphatic carbocycles. The molecule has 0 spiro atoms. The van der Waals surface area contributed by atoms with Gasteiger partial charge in [0.2, 0.25) is 0 Å². The van der Waals surface area contributed by atoms with E-state index < -0.39 is 0 Å². The zero-order valence-corrected chi connectivity index (χ0v) is 8.01. The largest absolute Gasteiger partial charge is 0.383 e. The maximum absolute atomic E-state index is 6.12. The summed E-state index contributed by atoms with van der Waals surface area (Å²) in [6.07, 6.45) is 2.13. The molecular formula is C9H19NO2. The number of hydrogen-bond donors (Lipinski definition) is 1. The second-order valence-corrected chi connectivity index (χ2v) is 3.83. The van der Waals surface area contributed by atoms with Crippen molar-refractivity contribution in [1.29, 1.82) is 0 Å². The highest BCUT2D eigenvalue weighted by Gasteiger charge is 2.31. The minimum absolute atomic E-state index is 0.182. The van der Waals surface area contributed by atoms with Crippen molar-refractivity contribution in [2.45, 2.75) is 25.3 Å². The summed E-state index contributed by atoms with van der Waals surface area (Å²) >= 11 is 0. The van der Waals surface area contributed by atoms with Gasteiger partial charge >= 0.3 is 0 Å². The van der Waals surface area contributed by atoms with Crippen molar-refractivity contribution in [1.82, 2.24) is 0 Å². The van der Waals surface area contributed by atoms with Crippen LogP contribution in [-0.4, -0.2) is 32.5 Å². The first-order chi connectivity index (χ1) is 5.67. The van der Waals surface area contributed by atoms with Crippen LogP contribution in [-0.2, 0) is 9.47 Å². The molecule has 1 atom stereocenters. The molecule has 1 fully saturated rings. The predicted octanol–water partition coefficient (Wildman–Crippen LogP) is 0.777. The SMILES string of the molecule is COCC(C)(N)C1CCOCC1. The highest BCUT2D eigenvalue weighted by Crippen LogP contribution is 2.25. The zero-order valence-electron chi connectivity index (χ0n) is 8.01. The van der Waals surface area contributed by atoms with Crippen LogP contribution in [0.1, 0.15) is 19.8 Å². The van der Waals surface area contributed by atoms with Gasteiger partial charge in [-0.25, -0.2) is 0 Å². The monoisotopic (exact) mass is 173 g/mol. The Balaban J connectivity index is 2.41. The first kappa shape index (κ1) is 9.96. The van der Waals surface area contributed by atoms with E-state index in [-0.39, 0.29) is 5.54 Å². The van der Waals surface area contributed by atoms with Crippen LogP contribution in [0.2, 0.25) is 0 Å². The molecule has 0 amide bonds. The van der Waals surface area contributed by atoms with Gasteiger partial charge in [-0.1, -0.05) is 0 Å². The smallest absolute Gasteiger partial charge is 0.0642 e. The Hall–Kier alpha value is -0.120. The Morgan fingerprint density at radius 1 is 1.50 bits per heavy atom. The molecule has 0 aromatic carbocycles. The fraction of sp³-hybridized carbons (Fsp3) is 1.00. The van der Waals surface area contributed by atoms with Crippen LogP contribution < -0.4 is 5.73 Å². The van der Waals surface area contributed by atoms with E-state index in [0.717, 1.165) is 26.1 Å². The van der Waals surface area contributed by atoms with Crippen LogP contribution in [0.4, 0.5) is 0 Å². The normalized spacial score (nSPS) is 25.2. The van der Waals surface area contributed by atoms with Gasteiger partial charge in [-0.15, -0.1) is 0 Å². The second kappa shape index (κ2) is 4.21. The minimum Gasteiger partial charge on any atom is -0.383 e. The van der Waals surface area contributed by atoms with Gasteiger partial charge in [0.05, 0.1) is 6.61 Å². The first-order valence-corrected chi connectivity index (χ1v) is 4.52. The molecule has 2 N–H and O–H groups in total. The fourth-order valence-corrected chi connectivity index (χ4v) is 1.79. The van der Waals surface area contributed by atoms with E-state index in [4.69, 9.17) is 15.2 Å². The summed E-state index contributed by atoms with van der Waals surface area (Å²) in [5.74, 6) is 0.547. The quantitative estimate of drug-likeness (QED) is 0.686. The lowest BCUT2D eigenvalue weighted by Gasteiger charge is -2.36. The van der Waals surface area contributed by atoms with E-state index in [2.05, 4.69) is 6.92 Å². The van der Waals surface area contributed by atoms with Crippen LogP contribution in [0.15, 0.2) is 0 Å². The van der Waals surface area contributed by atoms with Gasteiger partial charge in [0, 0.05) is 25.9 Å². The molecule has 1 aliphatic heterocycles. The topological polar surface area (TPSA) is 44.5 Å². The van der Waals surface area contributed by atoms with Crippen molar-refractivity contribution in [3.05, 3.63) is 0 Å². The van der Waals surface area contributed by atoms with Crippen molar-refractivity contribution in [3.8, 4) is 0 Å². The van der Waals surface area contributed by atoms with Crippen molar-refractivity contribution >= 4 is 0 Å². The molecular weight excluding hydrogens is 154 g/mol. The van der Waals surface area contributed by atoms with Crippen molar-refractivity contribution in [2.75, 3.05) is 26.9 Å². The van der Waals surface area contributed by atoms with Crippen molar-refractivity contribution in [2.24, 2.45) is 11.7 Å². The summed E-state index contributed by atoms with van der Waals surface area (Å²) in [5, 5.41) is 0. The second-order valence-electron chi connectivity index (χ2n) is 3.83. The average molecular weight is 173 g/mol. The third-order valence-electron chi connectivity index (χ3n) is 2.61. The Bertz CT molecular complexity index is 130. The first-order valence-electron chi connectivity index (χ1n) is 4.52. The molecule has 1 saturated heterocycles. The van der Waals surface area contributed by atoms with Crippen LogP contribution in [0.5, 0.6) is 0 Å². The molecule has 72 valence electrons. The third kappa shape index (κ3) is 2.44. The highest BCUT2D eigenvalue weighted by molar-refractivity contribution is 4.87. The maximum Gasteiger partial charge on any atom is 0.0642 e. The molecule has 0 saturated carbocycles. The predicted molar refractivity (Wildman–Crippen MR) is 48.0 cm³/mol. The molecule has 1 aliphatic rings. The Morgan fingerprint density at radius 2 is 2.08 bits per heavy atom. The molecule has 1 unspecified atom stereocenters. The lowest BCUT2D eigenvalue weighted by Crippen LogP contribution is -2.50. The molecule has 3 heteroatoms. The summed E-state index contributed by atoms with van der Waals surface area (Å²) in [6.45, 7) is 4.40. The molecule has 3 nitrogen and oxygen atoms in total. The number of ether oxygens (including phenoxy) is 2. The molecule has 0 aromatic heterocycles. The number of nitrogens with two attached hydrogens (primary N) is 1. The van der Waals surface area contributed by atoms with Gasteiger partial charge in [0.15, 0.2) is 0 Å². The number of methoxy groups -OCH3 is 1. The summed E-state index contributed by atoms with van der Waals surface area (Å²) in [7, 11) is 1.70. The highest BCUT2D eigenvalue weighted by atomic mass is 16.5. The van der Waals surface area contributed by atoms with Gasteiger partial charge in [0.25, 0.3) is 0 Å². The van der Waals surface area contributed by atoms with E-state index >= 15 is 0 Å². The lowest BCUT2D eigenvalue weighted by molar-refractivity contribution is 0.0185. The molecule has 12 heavy (non-hydrogen) atoms. The van der Waals surface area contributed by atoms with Crippen LogP contribution >= 0.6 is 0 Å². The summed E-state index contributed by atoms with van der Waals surface area (Å²) < 4.78 is 10.4. The molecule has 1 heterocycles. The van der Waals surface area contributed by atoms with E-state index in [0.29, 0.717) is 12.5 Å². The minimum atomic E-state index is -0.182. The van der Waals surface area contributed by atoms with Gasteiger partial charge < -0.3 is 15.2 Å². The van der Waals surface area contributed by atoms with Gasteiger partial charge in [-0.2, -0.15) is 0 Å². The van der Waals surface area contributed by atoms with E-state index in [1.54, 1.807) is 7.11 Å². The number of hydrogen-bond acceptors (Lipinski definition) is 3. The standard InChI is InChI=1S/C9H19NO2/c1-9(10,7-11-2)8-3-5-12-6-4-8/h8H,3-7,10H2,1-2H3. The van der Waals surface area contributed by atoms with E-state index in [9.17, 15) is 0 Å². The van der Waals surface area contributed by atoms with Crippen LogP contribution in [0.25, 0.3) is 0 Å². The summed E-state index contributed by atoms with van der Waals surface area (Å²) in [5.41, 5.74) is 5.94. The lowest BCUT2D eigenvalue weighted by atomic mass is 9.82. The zero-order chi connectivity index (χ0) is 9.03. The molecule has 1 rings (SSSR count). The third-order valence-corrected chi connectivity index (χ3v) is 2.61. The van der Waals surface area contributed by atoms with Crippen molar-refractivity contribution < 1.29 is 9.47 Å². The van der Waals surface area contributed by atoms with Crippen LogP contribution in [0, 0.1) is 5.92 Å². The van der Waals surface area contributed by atoms with E-state index in [1.807, 2.05) is 0 Å². The van der Waals surface area contributed by atoms with Gasteiger partial charge in [0.1, 0.15) is 0 Å². The Kier molecular flexibility index (Phi) is 3.50. The fourth-order valence-electron chi connectivity index (χ4n) is 1.79. The molecule has 0 radical (unpaired) electrons. The summed E-state index contributed by atoms with van der Waals surface area (Å²) in [4.78, 5) is 0. The number of rotatable bonds is 3. The average Bonchev–Trinajstić information content (AvgIpc) is 2.06. The van der Waals surface area contributed by atoms with Crippen molar-refractivity contribution in [3.63, 3.8) is 0 Å². The molecule has 0 aromatic rings.